The molecule has 3 heterocycles. The number of nitrogens with zero attached hydrogens (tertiary/aromatic N) is 3. The van der Waals surface area contributed by atoms with E-state index < -0.39 is 0 Å². The lowest BCUT2D eigenvalue weighted by atomic mass is 10.1. The summed E-state index contributed by atoms with van der Waals surface area (Å²) in [7, 11) is 0. The van der Waals surface area contributed by atoms with Crippen molar-refractivity contribution in [1.82, 2.24) is 20.0 Å². The fourth-order valence-electron chi connectivity index (χ4n) is 4.67. The van der Waals surface area contributed by atoms with E-state index in [-0.39, 0.29) is 18.3 Å². The number of aromatic nitrogens is 2. The van der Waals surface area contributed by atoms with Crippen LogP contribution in [0.2, 0.25) is 0 Å². The molecule has 0 spiro atoms. The SMILES string of the molecule is Cl.O=C(c1nn(-c2ccccc2)c2c1CCC2)N1CCC2CCC(C1)N2. The van der Waals surface area contributed by atoms with Crippen molar-refractivity contribution in [3.8, 4) is 5.69 Å². The second kappa shape index (κ2) is 7.05. The summed E-state index contributed by atoms with van der Waals surface area (Å²) in [5.74, 6) is 0.127. The first-order chi connectivity index (χ1) is 12.3. The summed E-state index contributed by atoms with van der Waals surface area (Å²) < 4.78 is 2.00. The van der Waals surface area contributed by atoms with Crippen molar-refractivity contribution in [2.45, 2.75) is 50.6 Å². The molecule has 2 aliphatic heterocycles. The third-order valence-corrected chi connectivity index (χ3v) is 5.94. The number of likely N-dealkylation sites (tertiary alicyclic amines) is 1. The Morgan fingerprint density at radius 2 is 1.88 bits per heavy atom. The molecule has 1 aromatic heterocycles. The van der Waals surface area contributed by atoms with E-state index >= 15 is 0 Å². The molecular formula is C20H25ClN4O. The molecule has 2 aromatic rings. The van der Waals surface area contributed by atoms with Crippen LogP contribution >= 0.6 is 12.4 Å². The average molecular weight is 373 g/mol. The van der Waals surface area contributed by atoms with E-state index in [0.717, 1.165) is 44.5 Å². The van der Waals surface area contributed by atoms with E-state index in [4.69, 9.17) is 5.10 Å². The topological polar surface area (TPSA) is 50.2 Å². The molecule has 1 aromatic carbocycles. The first-order valence-corrected chi connectivity index (χ1v) is 9.51. The van der Waals surface area contributed by atoms with Gasteiger partial charge in [0.05, 0.1) is 5.69 Å². The van der Waals surface area contributed by atoms with Gasteiger partial charge in [0.2, 0.25) is 0 Å². The molecule has 138 valence electrons. The van der Waals surface area contributed by atoms with Gasteiger partial charge in [0.15, 0.2) is 5.69 Å². The molecule has 2 atom stereocenters. The van der Waals surface area contributed by atoms with E-state index in [9.17, 15) is 4.79 Å². The number of hydrogen-bond donors (Lipinski definition) is 1. The molecule has 26 heavy (non-hydrogen) atoms. The van der Waals surface area contributed by atoms with Crippen molar-refractivity contribution >= 4 is 18.3 Å². The summed E-state index contributed by atoms with van der Waals surface area (Å²) >= 11 is 0. The van der Waals surface area contributed by atoms with Crippen molar-refractivity contribution in [3.63, 3.8) is 0 Å². The van der Waals surface area contributed by atoms with E-state index in [1.807, 2.05) is 27.8 Å². The number of fused-ring (bicyclic) bond motifs is 3. The van der Waals surface area contributed by atoms with E-state index in [1.165, 1.54) is 24.1 Å². The predicted octanol–water partition coefficient (Wildman–Crippen LogP) is 2.75. The van der Waals surface area contributed by atoms with Crippen molar-refractivity contribution in [2.75, 3.05) is 13.1 Å². The Morgan fingerprint density at radius 1 is 1.08 bits per heavy atom. The zero-order valence-corrected chi connectivity index (χ0v) is 15.7. The standard InChI is InChI=1S/C20H24N4O.ClH/c25-20(23-12-11-14-9-10-15(13-23)21-14)19-17-7-4-8-18(17)24(22-19)16-5-2-1-3-6-16;/h1-3,5-6,14-15,21H,4,7-13H2;1H. The molecule has 5 rings (SSSR count). The van der Waals surface area contributed by atoms with Crippen LogP contribution in [0.25, 0.3) is 5.69 Å². The molecule has 1 N–H and O–H groups in total. The third kappa shape index (κ3) is 2.93. The number of hydrogen-bond acceptors (Lipinski definition) is 3. The van der Waals surface area contributed by atoms with E-state index in [0.29, 0.717) is 17.8 Å². The highest BCUT2D eigenvalue weighted by Crippen LogP contribution is 2.29. The minimum atomic E-state index is 0. The molecule has 6 heteroatoms. The van der Waals surface area contributed by atoms with Crippen LogP contribution in [0.3, 0.4) is 0 Å². The lowest BCUT2D eigenvalue weighted by Crippen LogP contribution is -2.39. The van der Waals surface area contributed by atoms with Gasteiger partial charge in [0.25, 0.3) is 5.91 Å². The van der Waals surface area contributed by atoms with Crippen molar-refractivity contribution in [3.05, 3.63) is 47.3 Å². The number of para-hydroxylation sites is 1. The summed E-state index contributed by atoms with van der Waals surface area (Å²) in [6, 6.07) is 11.2. The van der Waals surface area contributed by atoms with Gasteiger partial charge in [-0.25, -0.2) is 4.68 Å². The van der Waals surface area contributed by atoms with Gasteiger partial charge >= 0.3 is 0 Å². The van der Waals surface area contributed by atoms with Gasteiger partial charge in [-0.3, -0.25) is 4.79 Å². The van der Waals surface area contributed by atoms with Crippen molar-refractivity contribution in [1.29, 1.82) is 0 Å². The summed E-state index contributed by atoms with van der Waals surface area (Å²) in [5, 5.41) is 8.43. The zero-order valence-electron chi connectivity index (χ0n) is 14.9. The highest BCUT2D eigenvalue weighted by Gasteiger charge is 2.34. The summed E-state index contributed by atoms with van der Waals surface area (Å²) in [4.78, 5) is 15.3. The number of halogens is 1. The molecule has 1 aliphatic carbocycles. The zero-order chi connectivity index (χ0) is 16.8. The van der Waals surface area contributed by atoms with Gasteiger partial charge in [-0.2, -0.15) is 5.10 Å². The first kappa shape index (κ1) is 17.6. The average Bonchev–Trinajstić information content (AvgIpc) is 3.30. The Hall–Kier alpha value is -1.85. The lowest BCUT2D eigenvalue weighted by molar-refractivity contribution is 0.0740. The lowest BCUT2D eigenvalue weighted by Gasteiger charge is -2.23. The van der Waals surface area contributed by atoms with Crippen LogP contribution in [-0.2, 0) is 12.8 Å². The monoisotopic (exact) mass is 372 g/mol. The second-order valence-corrected chi connectivity index (χ2v) is 7.55. The van der Waals surface area contributed by atoms with E-state index in [2.05, 4.69) is 17.4 Å². The Kier molecular flexibility index (Phi) is 4.76. The molecule has 5 nitrogen and oxygen atoms in total. The quantitative estimate of drug-likeness (QED) is 0.881. The van der Waals surface area contributed by atoms with Gasteiger partial charge in [-0.15, -0.1) is 12.4 Å². The Morgan fingerprint density at radius 3 is 2.73 bits per heavy atom. The maximum absolute atomic E-state index is 13.3. The minimum Gasteiger partial charge on any atom is -0.336 e. The number of amides is 1. The molecule has 3 aliphatic rings. The summed E-state index contributed by atoms with van der Waals surface area (Å²) in [6.45, 7) is 1.67. The molecule has 2 unspecified atom stereocenters. The number of rotatable bonds is 2. The molecular weight excluding hydrogens is 348 g/mol. The molecule has 1 amide bonds. The van der Waals surface area contributed by atoms with Gasteiger partial charge in [0.1, 0.15) is 0 Å². The minimum absolute atomic E-state index is 0. The third-order valence-electron chi connectivity index (χ3n) is 5.94. The smallest absolute Gasteiger partial charge is 0.274 e. The molecule has 2 saturated heterocycles. The van der Waals surface area contributed by atoms with Gasteiger partial charge in [0, 0.05) is 36.4 Å². The maximum atomic E-state index is 13.3. The largest absolute Gasteiger partial charge is 0.336 e. The Bertz CT molecular complexity index is 804. The molecule has 2 bridgehead atoms. The second-order valence-electron chi connectivity index (χ2n) is 7.55. The van der Waals surface area contributed by atoms with Crippen LogP contribution in [0.5, 0.6) is 0 Å². The van der Waals surface area contributed by atoms with Crippen molar-refractivity contribution < 1.29 is 4.79 Å². The summed E-state index contributed by atoms with van der Waals surface area (Å²) in [5.41, 5.74) is 4.14. The van der Waals surface area contributed by atoms with Crippen LogP contribution in [0.4, 0.5) is 0 Å². The Labute approximate surface area is 160 Å². The van der Waals surface area contributed by atoms with Crippen LogP contribution in [-0.4, -0.2) is 45.8 Å². The van der Waals surface area contributed by atoms with Crippen LogP contribution in [0, 0.1) is 0 Å². The van der Waals surface area contributed by atoms with Crippen molar-refractivity contribution in [2.24, 2.45) is 0 Å². The van der Waals surface area contributed by atoms with Crippen LogP contribution in [0.1, 0.15) is 47.4 Å². The highest BCUT2D eigenvalue weighted by molar-refractivity contribution is 5.94. The number of carbonyl (C=O) groups excluding carboxylic acids is 1. The predicted molar refractivity (Wildman–Crippen MR) is 103 cm³/mol. The Balaban J connectivity index is 0.00000168. The summed E-state index contributed by atoms with van der Waals surface area (Å²) in [6.07, 6.45) is 6.60. The first-order valence-electron chi connectivity index (χ1n) is 9.51. The fraction of sp³-hybridized carbons (Fsp3) is 0.500. The number of carbonyl (C=O) groups is 1. The van der Waals surface area contributed by atoms with Gasteiger partial charge < -0.3 is 10.2 Å². The van der Waals surface area contributed by atoms with E-state index in [1.54, 1.807) is 0 Å². The fourth-order valence-corrected chi connectivity index (χ4v) is 4.67. The highest BCUT2D eigenvalue weighted by atomic mass is 35.5. The molecule has 2 fully saturated rings. The molecule has 0 saturated carbocycles. The van der Waals surface area contributed by atoms with Crippen LogP contribution < -0.4 is 5.32 Å². The van der Waals surface area contributed by atoms with Gasteiger partial charge in [-0.05, 0) is 50.7 Å². The number of benzene rings is 1. The molecule has 0 radical (unpaired) electrons. The maximum Gasteiger partial charge on any atom is 0.274 e. The van der Waals surface area contributed by atoms with Gasteiger partial charge in [-0.1, -0.05) is 18.2 Å². The normalized spacial score (nSPS) is 24.1. The van der Waals surface area contributed by atoms with Crippen LogP contribution in [0.15, 0.2) is 30.3 Å². The number of nitrogens with one attached hydrogen (secondary N) is 1.